The molecule has 1 aromatic heterocycles. The summed E-state index contributed by atoms with van der Waals surface area (Å²) in [5, 5.41) is 3.29. The van der Waals surface area contributed by atoms with E-state index in [1.165, 1.54) is 30.5 Å². The quantitative estimate of drug-likeness (QED) is 0.445. The van der Waals surface area contributed by atoms with Crippen molar-refractivity contribution in [2.24, 2.45) is 0 Å². The Kier molecular flexibility index (Phi) is 7.49. The third kappa shape index (κ3) is 6.19. The van der Waals surface area contributed by atoms with Crippen molar-refractivity contribution in [1.29, 1.82) is 0 Å². The van der Waals surface area contributed by atoms with E-state index in [0.717, 1.165) is 12.8 Å². The minimum absolute atomic E-state index is 0.101. The number of sulfonamides is 1. The van der Waals surface area contributed by atoms with Gasteiger partial charge >= 0.3 is 0 Å². The summed E-state index contributed by atoms with van der Waals surface area (Å²) in [5.41, 5.74) is 0.687. The molecule has 31 heavy (non-hydrogen) atoms. The average molecular weight is 460 g/mol. The second kappa shape index (κ2) is 10.3. The molecule has 1 heterocycles. The van der Waals surface area contributed by atoms with E-state index in [-0.39, 0.29) is 16.7 Å². The van der Waals surface area contributed by atoms with E-state index in [1.807, 2.05) is 6.92 Å². The van der Waals surface area contributed by atoms with Gasteiger partial charge in [-0.1, -0.05) is 24.9 Å². The molecule has 2 N–H and O–H groups in total. The first kappa shape index (κ1) is 22.6. The molecule has 0 saturated carbocycles. The third-order valence-electron chi connectivity index (χ3n) is 4.28. The van der Waals surface area contributed by atoms with Crippen molar-refractivity contribution < 1.29 is 17.9 Å². The number of hydrogen-bond acceptors (Lipinski definition) is 5. The van der Waals surface area contributed by atoms with Gasteiger partial charge in [0.15, 0.2) is 0 Å². The van der Waals surface area contributed by atoms with Gasteiger partial charge in [-0.25, -0.2) is 13.4 Å². The van der Waals surface area contributed by atoms with E-state index < -0.39 is 10.0 Å². The number of unbranched alkanes of at least 4 members (excludes halogenated alkanes) is 1. The van der Waals surface area contributed by atoms with Crippen molar-refractivity contribution in [2.45, 2.75) is 24.7 Å². The number of benzene rings is 2. The first-order chi connectivity index (χ1) is 14.9. The zero-order valence-corrected chi connectivity index (χ0v) is 18.4. The molecule has 0 aliphatic rings. The SMILES string of the molecule is CCCCNC(=O)c1cccnc1Oc1ccc(NS(=O)(=O)c2ccc(Cl)cc2)cc1. The fourth-order valence-electron chi connectivity index (χ4n) is 2.65. The summed E-state index contributed by atoms with van der Waals surface area (Å²) in [7, 11) is -3.75. The van der Waals surface area contributed by atoms with Crippen LogP contribution in [-0.2, 0) is 10.0 Å². The van der Waals surface area contributed by atoms with Gasteiger partial charge in [-0.15, -0.1) is 0 Å². The molecule has 0 spiro atoms. The van der Waals surface area contributed by atoms with Crippen LogP contribution in [0.15, 0.2) is 71.8 Å². The Morgan fingerprint density at radius 1 is 1.06 bits per heavy atom. The van der Waals surface area contributed by atoms with Crippen LogP contribution in [0.1, 0.15) is 30.1 Å². The Hall–Kier alpha value is -3.10. The highest BCUT2D eigenvalue weighted by Crippen LogP contribution is 2.25. The topological polar surface area (TPSA) is 97.4 Å². The number of rotatable bonds is 9. The smallest absolute Gasteiger partial charge is 0.261 e. The zero-order valence-electron chi connectivity index (χ0n) is 16.8. The van der Waals surface area contributed by atoms with E-state index in [2.05, 4.69) is 15.0 Å². The largest absolute Gasteiger partial charge is 0.438 e. The molecule has 0 saturated heterocycles. The van der Waals surface area contributed by atoms with Gasteiger partial charge in [0.05, 0.1) is 4.90 Å². The monoisotopic (exact) mass is 459 g/mol. The number of pyridine rings is 1. The lowest BCUT2D eigenvalue weighted by Crippen LogP contribution is -2.24. The number of hydrogen-bond donors (Lipinski definition) is 2. The number of nitrogens with one attached hydrogen (secondary N) is 2. The summed E-state index contributed by atoms with van der Waals surface area (Å²) >= 11 is 5.81. The molecule has 162 valence electrons. The second-order valence-electron chi connectivity index (χ2n) is 6.65. The van der Waals surface area contributed by atoms with Crippen LogP contribution in [0.3, 0.4) is 0 Å². The normalized spacial score (nSPS) is 11.0. The molecule has 9 heteroatoms. The summed E-state index contributed by atoms with van der Waals surface area (Å²) in [6, 6.07) is 15.5. The lowest BCUT2D eigenvalue weighted by molar-refractivity contribution is 0.0950. The highest BCUT2D eigenvalue weighted by molar-refractivity contribution is 7.92. The average Bonchev–Trinajstić information content (AvgIpc) is 2.76. The number of halogens is 1. The summed E-state index contributed by atoms with van der Waals surface area (Å²) < 4.78 is 33.2. The van der Waals surface area contributed by atoms with Crippen LogP contribution in [0.5, 0.6) is 11.6 Å². The molecule has 0 fully saturated rings. The molecule has 0 aliphatic carbocycles. The van der Waals surface area contributed by atoms with Crippen LogP contribution in [0.4, 0.5) is 5.69 Å². The van der Waals surface area contributed by atoms with Crippen molar-refractivity contribution in [2.75, 3.05) is 11.3 Å². The highest BCUT2D eigenvalue weighted by atomic mass is 35.5. The fraction of sp³-hybridized carbons (Fsp3) is 0.182. The number of aromatic nitrogens is 1. The maximum absolute atomic E-state index is 12.5. The van der Waals surface area contributed by atoms with Crippen LogP contribution in [0.25, 0.3) is 0 Å². The predicted molar refractivity (Wildman–Crippen MR) is 120 cm³/mol. The number of carbonyl (C=O) groups excluding carboxylic acids is 1. The van der Waals surface area contributed by atoms with Crippen LogP contribution in [0.2, 0.25) is 5.02 Å². The molecule has 0 bridgehead atoms. The lowest BCUT2D eigenvalue weighted by Gasteiger charge is -2.11. The van der Waals surface area contributed by atoms with Crippen LogP contribution < -0.4 is 14.8 Å². The molecule has 3 aromatic rings. The van der Waals surface area contributed by atoms with Gasteiger partial charge in [0.2, 0.25) is 5.88 Å². The van der Waals surface area contributed by atoms with E-state index >= 15 is 0 Å². The molecule has 2 aromatic carbocycles. The molecule has 1 amide bonds. The first-order valence-electron chi connectivity index (χ1n) is 9.68. The van der Waals surface area contributed by atoms with Gasteiger partial charge in [0, 0.05) is 23.5 Å². The summed E-state index contributed by atoms with van der Waals surface area (Å²) in [4.78, 5) is 16.6. The minimum Gasteiger partial charge on any atom is -0.438 e. The minimum atomic E-state index is -3.75. The Bertz CT molecular complexity index is 1130. The van der Waals surface area contributed by atoms with Gasteiger partial charge in [-0.2, -0.15) is 0 Å². The molecule has 3 rings (SSSR count). The Labute approximate surface area is 186 Å². The molecule has 7 nitrogen and oxygen atoms in total. The Morgan fingerprint density at radius 3 is 2.45 bits per heavy atom. The van der Waals surface area contributed by atoms with E-state index in [9.17, 15) is 13.2 Å². The van der Waals surface area contributed by atoms with Crippen molar-refractivity contribution in [1.82, 2.24) is 10.3 Å². The number of ether oxygens (including phenoxy) is 1. The van der Waals surface area contributed by atoms with E-state index in [1.54, 1.807) is 36.4 Å². The van der Waals surface area contributed by atoms with Gasteiger partial charge < -0.3 is 10.1 Å². The standard InChI is InChI=1S/C22H22ClN3O4S/c1-2-3-14-24-21(27)20-5-4-15-25-22(20)30-18-10-8-17(9-11-18)26-31(28,29)19-12-6-16(23)7-13-19/h4-13,15,26H,2-3,14H2,1H3,(H,24,27). The summed E-state index contributed by atoms with van der Waals surface area (Å²) in [6.07, 6.45) is 3.40. The van der Waals surface area contributed by atoms with Crippen molar-refractivity contribution in [3.05, 3.63) is 77.4 Å². The fourth-order valence-corrected chi connectivity index (χ4v) is 3.83. The number of carbonyl (C=O) groups is 1. The highest BCUT2D eigenvalue weighted by Gasteiger charge is 2.16. The summed E-state index contributed by atoms with van der Waals surface area (Å²) in [6.45, 7) is 2.62. The van der Waals surface area contributed by atoms with Crippen molar-refractivity contribution in [3.63, 3.8) is 0 Å². The maximum atomic E-state index is 12.5. The van der Waals surface area contributed by atoms with Gasteiger partial charge in [-0.05, 0) is 67.1 Å². The lowest BCUT2D eigenvalue weighted by atomic mass is 10.2. The second-order valence-corrected chi connectivity index (χ2v) is 8.77. The third-order valence-corrected chi connectivity index (χ3v) is 5.93. The van der Waals surface area contributed by atoms with Crippen molar-refractivity contribution >= 4 is 33.2 Å². The first-order valence-corrected chi connectivity index (χ1v) is 11.5. The van der Waals surface area contributed by atoms with Crippen LogP contribution in [0, 0.1) is 0 Å². The zero-order chi connectivity index (χ0) is 22.3. The van der Waals surface area contributed by atoms with Gasteiger partial charge in [0.1, 0.15) is 11.3 Å². The van der Waals surface area contributed by atoms with Gasteiger partial charge in [0.25, 0.3) is 15.9 Å². The molecule has 0 radical (unpaired) electrons. The Balaban J connectivity index is 1.70. The molecule has 0 unspecified atom stereocenters. The Morgan fingerprint density at radius 2 is 1.77 bits per heavy atom. The predicted octanol–water partition coefficient (Wildman–Crippen LogP) is 4.86. The molecule has 0 aliphatic heterocycles. The van der Waals surface area contributed by atoms with Crippen LogP contribution in [-0.4, -0.2) is 25.9 Å². The maximum Gasteiger partial charge on any atom is 0.261 e. The van der Waals surface area contributed by atoms with Crippen molar-refractivity contribution in [3.8, 4) is 11.6 Å². The van der Waals surface area contributed by atoms with E-state index in [4.69, 9.17) is 16.3 Å². The molecular weight excluding hydrogens is 438 g/mol. The van der Waals surface area contributed by atoms with Crippen LogP contribution >= 0.6 is 11.6 Å². The van der Waals surface area contributed by atoms with E-state index in [0.29, 0.717) is 28.6 Å². The number of anilines is 1. The summed E-state index contributed by atoms with van der Waals surface area (Å²) in [5.74, 6) is 0.325. The van der Waals surface area contributed by atoms with Gasteiger partial charge in [-0.3, -0.25) is 9.52 Å². The molecular formula is C22H22ClN3O4S. The number of nitrogens with zero attached hydrogens (tertiary/aromatic N) is 1. The molecule has 0 atom stereocenters. The number of amides is 1.